The highest BCUT2D eigenvalue weighted by Gasteiger charge is 2.14. The largest absolute Gasteiger partial charge is 0.478 e. The second kappa shape index (κ2) is 5.05. The van der Waals surface area contributed by atoms with Crippen LogP contribution in [0, 0.1) is 13.8 Å². The molecule has 0 amide bonds. The summed E-state index contributed by atoms with van der Waals surface area (Å²) in [5, 5.41) is 9.25. The van der Waals surface area contributed by atoms with Crippen molar-refractivity contribution in [1.82, 2.24) is 9.55 Å². The standard InChI is InChI=1S/C17H16N2O2/c1-11-6-8-13(9-7-11)10-19-12(2)18-16-14(17(20)21)4-3-5-15(16)19/h3-9H,10H2,1-2H3,(H,20,21). The highest BCUT2D eigenvalue weighted by Crippen LogP contribution is 2.21. The average molecular weight is 280 g/mol. The zero-order chi connectivity index (χ0) is 15.0. The van der Waals surface area contributed by atoms with Crippen molar-refractivity contribution in [2.24, 2.45) is 0 Å². The van der Waals surface area contributed by atoms with Crippen molar-refractivity contribution < 1.29 is 9.90 Å². The molecule has 0 radical (unpaired) electrons. The second-order valence-corrected chi connectivity index (χ2v) is 5.21. The van der Waals surface area contributed by atoms with Crippen LogP contribution in [0.4, 0.5) is 0 Å². The first-order valence-electron chi connectivity index (χ1n) is 6.81. The Balaban J connectivity index is 2.10. The van der Waals surface area contributed by atoms with Crippen LogP contribution >= 0.6 is 0 Å². The van der Waals surface area contributed by atoms with Crippen molar-refractivity contribution in [3.63, 3.8) is 0 Å². The summed E-state index contributed by atoms with van der Waals surface area (Å²) >= 11 is 0. The summed E-state index contributed by atoms with van der Waals surface area (Å²) < 4.78 is 2.05. The Morgan fingerprint density at radius 1 is 1.14 bits per heavy atom. The van der Waals surface area contributed by atoms with E-state index < -0.39 is 5.97 Å². The number of hydrogen-bond acceptors (Lipinski definition) is 2. The fourth-order valence-electron chi connectivity index (χ4n) is 2.51. The Bertz CT molecular complexity index is 817. The minimum Gasteiger partial charge on any atom is -0.478 e. The van der Waals surface area contributed by atoms with Gasteiger partial charge in [0.05, 0.1) is 11.1 Å². The van der Waals surface area contributed by atoms with Gasteiger partial charge >= 0.3 is 5.97 Å². The maximum absolute atomic E-state index is 11.3. The van der Waals surface area contributed by atoms with Crippen LogP contribution in [0.2, 0.25) is 0 Å². The molecule has 4 heteroatoms. The number of para-hydroxylation sites is 1. The summed E-state index contributed by atoms with van der Waals surface area (Å²) in [7, 11) is 0. The van der Waals surface area contributed by atoms with Crippen LogP contribution in [0.3, 0.4) is 0 Å². The van der Waals surface area contributed by atoms with E-state index in [1.807, 2.05) is 17.6 Å². The van der Waals surface area contributed by atoms with Gasteiger partial charge < -0.3 is 9.67 Å². The van der Waals surface area contributed by atoms with E-state index in [1.54, 1.807) is 12.1 Å². The number of carboxylic acids is 1. The van der Waals surface area contributed by atoms with Crippen molar-refractivity contribution in [2.75, 3.05) is 0 Å². The van der Waals surface area contributed by atoms with Gasteiger partial charge in [0.1, 0.15) is 11.3 Å². The maximum atomic E-state index is 11.3. The number of rotatable bonds is 3. The lowest BCUT2D eigenvalue weighted by Gasteiger charge is -2.07. The number of fused-ring (bicyclic) bond motifs is 1. The van der Waals surface area contributed by atoms with Gasteiger partial charge in [0.15, 0.2) is 0 Å². The van der Waals surface area contributed by atoms with Crippen molar-refractivity contribution in [2.45, 2.75) is 20.4 Å². The Labute approximate surface area is 122 Å². The van der Waals surface area contributed by atoms with E-state index in [9.17, 15) is 9.90 Å². The Morgan fingerprint density at radius 2 is 1.86 bits per heavy atom. The molecule has 0 atom stereocenters. The van der Waals surface area contributed by atoms with Crippen LogP contribution in [-0.2, 0) is 6.54 Å². The number of hydrogen-bond donors (Lipinski definition) is 1. The van der Waals surface area contributed by atoms with Crippen molar-refractivity contribution in [1.29, 1.82) is 0 Å². The molecule has 0 saturated carbocycles. The third kappa shape index (κ3) is 2.40. The lowest BCUT2D eigenvalue weighted by Crippen LogP contribution is -2.02. The van der Waals surface area contributed by atoms with Crippen LogP contribution in [0.15, 0.2) is 42.5 Å². The van der Waals surface area contributed by atoms with Crippen molar-refractivity contribution >= 4 is 17.0 Å². The van der Waals surface area contributed by atoms with Crippen LogP contribution in [0.1, 0.15) is 27.3 Å². The molecule has 2 aromatic carbocycles. The molecule has 0 aliphatic rings. The van der Waals surface area contributed by atoms with Gasteiger partial charge in [-0.3, -0.25) is 0 Å². The first-order valence-corrected chi connectivity index (χ1v) is 6.81. The summed E-state index contributed by atoms with van der Waals surface area (Å²) in [5.41, 5.74) is 4.05. The van der Waals surface area contributed by atoms with Gasteiger partial charge in [-0.05, 0) is 31.5 Å². The molecule has 3 rings (SSSR count). The molecule has 0 aliphatic carbocycles. The molecule has 0 unspecified atom stereocenters. The van der Waals surface area contributed by atoms with Crippen LogP contribution in [0.25, 0.3) is 11.0 Å². The number of carboxylic acid groups (broad SMARTS) is 1. The predicted molar refractivity (Wildman–Crippen MR) is 81.7 cm³/mol. The van der Waals surface area contributed by atoms with E-state index in [-0.39, 0.29) is 5.56 Å². The molecule has 0 spiro atoms. The third-order valence-electron chi connectivity index (χ3n) is 3.66. The second-order valence-electron chi connectivity index (χ2n) is 5.21. The Hall–Kier alpha value is -2.62. The summed E-state index contributed by atoms with van der Waals surface area (Å²) in [4.78, 5) is 15.7. The topological polar surface area (TPSA) is 55.1 Å². The molecule has 21 heavy (non-hydrogen) atoms. The number of carbonyl (C=O) groups is 1. The van der Waals surface area contributed by atoms with Gasteiger partial charge in [0, 0.05) is 6.54 Å². The van der Waals surface area contributed by atoms with Crippen LogP contribution < -0.4 is 0 Å². The molecule has 1 aromatic heterocycles. The molecule has 3 aromatic rings. The first kappa shape index (κ1) is 13.4. The molecular formula is C17H16N2O2. The normalized spacial score (nSPS) is 11.0. The predicted octanol–water partition coefficient (Wildman–Crippen LogP) is 3.40. The van der Waals surface area contributed by atoms with E-state index >= 15 is 0 Å². The fourth-order valence-corrected chi connectivity index (χ4v) is 2.51. The average Bonchev–Trinajstić information content (AvgIpc) is 2.77. The zero-order valence-corrected chi connectivity index (χ0v) is 12.0. The first-order chi connectivity index (χ1) is 10.1. The van der Waals surface area contributed by atoms with E-state index in [2.05, 4.69) is 36.2 Å². The highest BCUT2D eigenvalue weighted by atomic mass is 16.4. The minimum atomic E-state index is -0.944. The number of imidazole rings is 1. The summed E-state index contributed by atoms with van der Waals surface area (Å²) in [6.07, 6.45) is 0. The number of aromatic nitrogens is 2. The zero-order valence-electron chi connectivity index (χ0n) is 12.0. The lowest BCUT2D eigenvalue weighted by molar-refractivity contribution is 0.0699. The fraction of sp³-hybridized carbons (Fsp3) is 0.176. The maximum Gasteiger partial charge on any atom is 0.337 e. The molecule has 0 bridgehead atoms. The van der Waals surface area contributed by atoms with Gasteiger partial charge in [0.25, 0.3) is 0 Å². The van der Waals surface area contributed by atoms with Gasteiger partial charge in [-0.1, -0.05) is 35.9 Å². The summed E-state index contributed by atoms with van der Waals surface area (Å²) in [5.74, 6) is -0.125. The molecule has 0 fully saturated rings. The van der Waals surface area contributed by atoms with Crippen molar-refractivity contribution in [3.05, 3.63) is 65.0 Å². The van der Waals surface area contributed by atoms with Crippen molar-refractivity contribution in [3.8, 4) is 0 Å². The van der Waals surface area contributed by atoms with Gasteiger partial charge in [0.2, 0.25) is 0 Å². The third-order valence-corrected chi connectivity index (χ3v) is 3.66. The molecule has 106 valence electrons. The SMILES string of the molecule is Cc1ccc(Cn2c(C)nc3c(C(=O)O)cccc32)cc1. The van der Waals surface area contributed by atoms with Gasteiger partial charge in [-0.2, -0.15) is 0 Å². The van der Waals surface area contributed by atoms with E-state index in [0.29, 0.717) is 12.1 Å². The number of benzene rings is 2. The lowest BCUT2D eigenvalue weighted by atomic mass is 10.1. The van der Waals surface area contributed by atoms with Gasteiger partial charge in [-0.25, -0.2) is 9.78 Å². The van der Waals surface area contributed by atoms with Crippen LogP contribution in [0.5, 0.6) is 0 Å². The molecule has 4 nitrogen and oxygen atoms in total. The smallest absolute Gasteiger partial charge is 0.337 e. The molecule has 0 saturated heterocycles. The molecule has 1 N–H and O–H groups in total. The van der Waals surface area contributed by atoms with Gasteiger partial charge in [-0.15, -0.1) is 0 Å². The monoisotopic (exact) mass is 280 g/mol. The molecule has 1 heterocycles. The van der Waals surface area contributed by atoms with Crippen LogP contribution in [-0.4, -0.2) is 20.6 Å². The molecular weight excluding hydrogens is 264 g/mol. The number of aryl methyl sites for hydroxylation is 2. The Kier molecular flexibility index (Phi) is 3.22. The Morgan fingerprint density at radius 3 is 2.52 bits per heavy atom. The number of aromatic carboxylic acids is 1. The van der Waals surface area contributed by atoms with E-state index in [0.717, 1.165) is 11.3 Å². The van der Waals surface area contributed by atoms with E-state index in [4.69, 9.17) is 0 Å². The molecule has 0 aliphatic heterocycles. The number of nitrogens with zero attached hydrogens (tertiary/aromatic N) is 2. The summed E-state index contributed by atoms with van der Waals surface area (Å²) in [6, 6.07) is 13.6. The minimum absolute atomic E-state index is 0.248. The summed E-state index contributed by atoms with van der Waals surface area (Å²) in [6.45, 7) is 4.65. The van der Waals surface area contributed by atoms with E-state index in [1.165, 1.54) is 11.1 Å². The quantitative estimate of drug-likeness (QED) is 0.800. The highest BCUT2D eigenvalue weighted by molar-refractivity contribution is 6.01.